The number of aryl methyl sites for hydroxylation is 2. The molecule has 2 aromatic rings. The first-order chi connectivity index (χ1) is 9.54. The Labute approximate surface area is 118 Å². The quantitative estimate of drug-likeness (QED) is 0.852. The second-order valence-corrected chi connectivity index (χ2v) is 5.49. The lowest BCUT2D eigenvalue weighted by atomic mass is 9.91. The average molecular weight is 271 g/mol. The Morgan fingerprint density at radius 2 is 1.90 bits per heavy atom. The van der Waals surface area contributed by atoms with Crippen molar-refractivity contribution in [3.63, 3.8) is 0 Å². The van der Waals surface area contributed by atoms with Gasteiger partial charge in [0.1, 0.15) is 17.7 Å². The molecule has 104 valence electrons. The molecule has 1 aliphatic rings. The van der Waals surface area contributed by atoms with Gasteiger partial charge in [-0.05, 0) is 43.2 Å². The first-order valence-corrected chi connectivity index (χ1v) is 6.83. The van der Waals surface area contributed by atoms with Crippen LogP contribution in [-0.4, -0.2) is 0 Å². The first-order valence-electron chi connectivity index (χ1n) is 6.83. The third-order valence-corrected chi connectivity index (χ3v) is 3.89. The van der Waals surface area contributed by atoms with Crippen molar-refractivity contribution in [3.8, 4) is 5.75 Å². The number of rotatable bonds is 1. The fourth-order valence-corrected chi connectivity index (χ4v) is 2.77. The van der Waals surface area contributed by atoms with Crippen molar-refractivity contribution < 1.29 is 9.13 Å². The minimum Gasteiger partial charge on any atom is -0.485 e. The predicted octanol–water partition coefficient (Wildman–Crippen LogP) is 3.97. The van der Waals surface area contributed by atoms with Crippen LogP contribution in [0.1, 0.15) is 40.8 Å². The maximum absolute atomic E-state index is 13.5. The first kappa shape index (κ1) is 13.1. The van der Waals surface area contributed by atoms with Gasteiger partial charge in [0.2, 0.25) is 0 Å². The molecule has 0 aliphatic carbocycles. The van der Waals surface area contributed by atoms with E-state index in [1.807, 2.05) is 26.0 Å². The zero-order valence-electron chi connectivity index (χ0n) is 11.7. The van der Waals surface area contributed by atoms with Crippen LogP contribution in [0, 0.1) is 19.7 Å². The molecule has 0 saturated carbocycles. The molecule has 2 nitrogen and oxygen atoms in total. The maximum atomic E-state index is 13.5. The minimum absolute atomic E-state index is 0.0775. The van der Waals surface area contributed by atoms with Gasteiger partial charge in [0.15, 0.2) is 0 Å². The van der Waals surface area contributed by atoms with Crippen LogP contribution in [0.5, 0.6) is 5.75 Å². The van der Waals surface area contributed by atoms with Crippen LogP contribution >= 0.6 is 0 Å². The molecule has 0 bridgehead atoms. The molecule has 3 rings (SSSR count). The number of nitrogens with two attached hydrogens (primary N) is 1. The van der Waals surface area contributed by atoms with E-state index in [2.05, 4.69) is 6.07 Å². The number of ether oxygens (including phenoxy) is 1. The lowest BCUT2D eigenvalue weighted by Crippen LogP contribution is -2.24. The molecule has 0 fully saturated rings. The van der Waals surface area contributed by atoms with Crippen LogP contribution in [0.4, 0.5) is 4.39 Å². The van der Waals surface area contributed by atoms with Crippen LogP contribution in [-0.2, 0) is 0 Å². The lowest BCUT2D eigenvalue weighted by molar-refractivity contribution is 0.160. The molecule has 2 N–H and O–H groups in total. The highest BCUT2D eigenvalue weighted by atomic mass is 19.1. The molecule has 0 amide bonds. The zero-order valence-corrected chi connectivity index (χ0v) is 11.7. The summed E-state index contributed by atoms with van der Waals surface area (Å²) < 4.78 is 19.5. The monoisotopic (exact) mass is 271 g/mol. The summed E-state index contributed by atoms with van der Waals surface area (Å²) in [7, 11) is 0. The molecule has 1 aliphatic heterocycles. The average Bonchev–Trinajstić information content (AvgIpc) is 2.42. The molecular formula is C17H18FNO. The largest absolute Gasteiger partial charge is 0.485 e. The molecule has 0 saturated heterocycles. The highest BCUT2D eigenvalue weighted by Crippen LogP contribution is 2.40. The third-order valence-electron chi connectivity index (χ3n) is 3.89. The minimum atomic E-state index is -0.238. The summed E-state index contributed by atoms with van der Waals surface area (Å²) in [6.07, 6.45) is 0.483. The summed E-state index contributed by atoms with van der Waals surface area (Å²) in [5, 5.41) is 0. The molecule has 1 heterocycles. The van der Waals surface area contributed by atoms with Gasteiger partial charge in [0.25, 0.3) is 0 Å². The van der Waals surface area contributed by atoms with Gasteiger partial charge in [0.05, 0.1) is 0 Å². The molecule has 20 heavy (non-hydrogen) atoms. The number of benzene rings is 2. The molecule has 1 unspecified atom stereocenters. The van der Waals surface area contributed by atoms with Crippen molar-refractivity contribution >= 4 is 0 Å². The standard InChI is InChI=1S/C17H18FNO/c1-10-3-6-16-14(7-10)15(19)9-17(20-16)13-8-12(18)5-4-11(13)2/h3-8,15,17H,9,19H2,1-2H3/t15-,17?/m1/s1. The van der Waals surface area contributed by atoms with Crippen molar-refractivity contribution in [2.75, 3.05) is 0 Å². The molecule has 2 atom stereocenters. The van der Waals surface area contributed by atoms with E-state index in [-0.39, 0.29) is 18.0 Å². The summed E-state index contributed by atoms with van der Waals surface area (Å²) in [5.41, 5.74) is 10.4. The molecule has 0 aromatic heterocycles. The highest BCUT2D eigenvalue weighted by molar-refractivity contribution is 5.42. The Bertz CT molecular complexity index is 653. The molecule has 0 spiro atoms. The highest BCUT2D eigenvalue weighted by Gasteiger charge is 2.28. The Balaban J connectivity index is 1.99. The Morgan fingerprint density at radius 1 is 1.10 bits per heavy atom. The van der Waals surface area contributed by atoms with Crippen LogP contribution in [0.2, 0.25) is 0 Å². The van der Waals surface area contributed by atoms with Crippen LogP contribution in [0.25, 0.3) is 0 Å². The van der Waals surface area contributed by atoms with E-state index >= 15 is 0 Å². The van der Waals surface area contributed by atoms with Gasteiger partial charge in [-0.3, -0.25) is 0 Å². The van der Waals surface area contributed by atoms with Crippen LogP contribution < -0.4 is 10.5 Å². The van der Waals surface area contributed by atoms with Gasteiger partial charge in [0, 0.05) is 18.0 Å². The molecular weight excluding hydrogens is 253 g/mol. The summed E-state index contributed by atoms with van der Waals surface area (Å²) in [6, 6.07) is 10.7. The summed E-state index contributed by atoms with van der Waals surface area (Å²) in [6.45, 7) is 4.00. The number of fused-ring (bicyclic) bond motifs is 1. The molecule has 2 aromatic carbocycles. The topological polar surface area (TPSA) is 35.2 Å². The zero-order chi connectivity index (χ0) is 14.3. The number of hydrogen-bond donors (Lipinski definition) is 1. The molecule has 3 heteroatoms. The summed E-state index contributed by atoms with van der Waals surface area (Å²) in [5.74, 6) is 0.570. The maximum Gasteiger partial charge on any atom is 0.126 e. The normalized spacial score (nSPS) is 21.2. The fourth-order valence-electron chi connectivity index (χ4n) is 2.77. The van der Waals surface area contributed by atoms with E-state index in [1.165, 1.54) is 11.6 Å². The fraction of sp³-hybridized carbons (Fsp3) is 0.294. The lowest BCUT2D eigenvalue weighted by Gasteiger charge is -2.31. The van der Waals surface area contributed by atoms with E-state index in [4.69, 9.17) is 10.5 Å². The Kier molecular flexibility index (Phi) is 3.22. The number of hydrogen-bond acceptors (Lipinski definition) is 2. The Morgan fingerprint density at radius 3 is 2.70 bits per heavy atom. The summed E-state index contributed by atoms with van der Waals surface area (Å²) >= 11 is 0. The molecule has 0 radical (unpaired) electrons. The second kappa shape index (κ2) is 4.91. The SMILES string of the molecule is Cc1ccc2c(c1)[C@H](N)CC(c1cc(F)ccc1C)O2. The van der Waals surface area contributed by atoms with Crippen LogP contribution in [0.15, 0.2) is 36.4 Å². The van der Waals surface area contributed by atoms with Gasteiger partial charge in [-0.2, -0.15) is 0 Å². The number of halogens is 1. The van der Waals surface area contributed by atoms with Crippen molar-refractivity contribution in [1.82, 2.24) is 0 Å². The third kappa shape index (κ3) is 2.29. The van der Waals surface area contributed by atoms with Gasteiger partial charge in [-0.1, -0.05) is 23.8 Å². The predicted molar refractivity (Wildman–Crippen MR) is 77.2 cm³/mol. The van der Waals surface area contributed by atoms with Gasteiger partial charge in [-0.25, -0.2) is 4.39 Å². The van der Waals surface area contributed by atoms with Crippen molar-refractivity contribution in [1.29, 1.82) is 0 Å². The summed E-state index contributed by atoms with van der Waals surface area (Å²) in [4.78, 5) is 0. The Hall–Kier alpha value is -1.87. The van der Waals surface area contributed by atoms with Crippen molar-refractivity contribution in [2.45, 2.75) is 32.4 Å². The van der Waals surface area contributed by atoms with Gasteiger partial charge < -0.3 is 10.5 Å². The van der Waals surface area contributed by atoms with E-state index in [0.29, 0.717) is 6.42 Å². The van der Waals surface area contributed by atoms with Crippen LogP contribution in [0.3, 0.4) is 0 Å². The second-order valence-electron chi connectivity index (χ2n) is 5.49. The van der Waals surface area contributed by atoms with E-state index < -0.39 is 0 Å². The van der Waals surface area contributed by atoms with Crippen molar-refractivity contribution in [3.05, 3.63) is 64.5 Å². The van der Waals surface area contributed by atoms with Crippen molar-refractivity contribution in [2.24, 2.45) is 5.73 Å². The van der Waals surface area contributed by atoms with Gasteiger partial charge >= 0.3 is 0 Å². The smallest absolute Gasteiger partial charge is 0.126 e. The van der Waals surface area contributed by atoms with E-state index in [0.717, 1.165) is 22.4 Å². The van der Waals surface area contributed by atoms with E-state index in [1.54, 1.807) is 12.1 Å². The van der Waals surface area contributed by atoms with Gasteiger partial charge in [-0.15, -0.1) is 0 Å². The van der Waals surface area contributed by atoms with E-state index in [9.17, 15) is 4.39 Å².